The van der Waals surface area contributed by atoms with Crippen molar-refractivity contribution >= 4 is 33.2 Å². The van der Waals surface area contributed by atoms with E-state index in [0.717, 1.165) is 18.7 Å². The van der Waals surface area contributed by atoms with Crippen LogP contribution in [0, 0.1) is 5.92 Å². The summed E-state index contributed by atoms with van der Waals surface area (Å²) in [6, 6.07) is 14.7. The van der Waals surface area contributed by atoms with Gasteiger partial charge in [0.05, 0.1) is 21.6 Å². The topological polar surface area (TPSA) is 90.5 Å². The van der Waals surface area contributed by atoms with Crippen LogP contribution in [0.3, 0.4) is 0 Å². The van der Waals surface area contributed by atoms with Gasteiger partial charge in [-0.1, -0.05) is 41.9 Å². The Labute approximate surface area is 207 Å². The summed E-state index contributed by atoms with van der Waals surface area (Å²) >= 11 is 6.16. The van der Waals surface area contributed by atoms with E-state index in [1.165, 1.54) is 6.07 Å². The molecule has 0 radical (unpaired) electrons. The van der Waals surface area contributed by atoms with Gasteiger partial charge in [-0.15, -0.1) is 0 Å². The van der Waals surface area contributed by atoms with Crippen molar-refractivity contribution in [1.29, 1.82) is 0 Å². The Morgan fingerprint density at radius 1 is 1.12 bits per heavy atom. The van der Waals surface area contributed by atoms with Crippen molar-refractivity contribution in [3.63, 3.8) is 0 Å². The third-order valence-electron chi connectivity index (χ3n) is 6.72. The molecule has 9 heteroatoms. The predicted octanol–water partition coefficient (Wildman–Crippen LogP) is 3.78. The van der Waals surface area contributed by atoms with E-state index in [1.807, 2.05) is 30.0 Å². The number of hydrogen-bond donors (Lipinski definition) is 3. The molecule has 1 heterocycles. The highest BCUT2D eigenvalue weighted by Crippen LogP contribution is 2.32. The molecule has 1 amide bonds. The maximum absolute atomic E-state index is 13.4. The van der Waals surface area contributed by atoms with Crippen LogP contribution in [-0.2, 0) is 14.8 Å². The molecule has 0 aromatic heterocycles. The molecule has 1 saturated carbocycles. The highest BCUT2D eigenvalue weighted by Gasteiger charge is 2.35. The van der Waals surface area contributed by atoms with Gasteiger partial charge in [-0.25, -0.2) is 13.1 Å². The normalized spacial score (nSPS) is 23.5. The van der Waals surface area contributed by atoms with Gasteiger partial charge in [0.1, 0.15) is 0 Å². The lowest BCUT2D eigenvalue weighted by Crippen LogP contribution is -2.51. The molecule has 1 aliphatic carbocycles. The van der Waals surface area contributed by atoms with Gasteiger partial charge in [0, 0.05) is 38.1 Å². The third-order valence-corrected chi connectivity index (χ3v) is 8.57. The number of halogens is 1. The number of sulfonamides is 1. The number of nitrogens with zero attached hydrogens (tertiary/aromatic N) is 1. The summed E-state index contributed by atoms with van der Waals surface area (Å²) in [7, 11) is -3.67. The average Bonchev–Trinajstić information content (AvgIpc) is 2.86. The van der Waals surface area contributed by atoms with E-state index in [9.17, 15) is 13.2 Å². The van der Waals surface area contributed by atoms with Crippen molar-refractivity contribution in [2.24, 2.45) is 5.92 Å². The molecular weight excluding hydrogens is 472 g/mol. The smallest absolute Gasteiger partial charge is 0.240 e. The average molecular weight is 505 g/mol. The molecule has 2 aliphatic rings. The highest BCUT2D eigenvalue weighted by molar-refractivity contribution is 7.89. The van der Waals surface area contributed by atoms with Crippen molar-refractivity contribution in [3.05, 3.63) is 59.1 Å². The maximum atomic E-state index is 13.4. The standard InChI is InChI=1S/C25H33ClN4O3S/c1-2-28-23-16-21(12-13-22(23)26)34(32,33)29-20-10-8-19(9-11-20)25(31)30-15-14-27-17-24(30)18-6-4-3-5-7-18/h3-7,12-13,16,19-20,24,27-29H,2,8-11,14-15,17H2,1H3/t19?,20?,24-/m1/s1. The van der Waals surface area contributed by atoms with Gasteiger partial charge in [-0.2, -0.15) is 0 Å². The van der Waals surface area contributed by atoms with E-state index < -0.39 is 10.0 Å². The van der Waals surface area contributed by atoms with Gasteiger partial charge < -0.3 is 15.5 Å². The van der Waals surface area contributed by atoms with Crippen LogP contribution in [0.25, 0.3) is 0 Å². The molecule has 4 rings (SSSR count). The quantitative estimate of drug-likeness (QED) is 0.534. The zero-order valence-electron chi connectivity index (χ0n) is 19.5. The van der Waals surface area contributed by atoms with E-state index in [2.05, 4.69) is 27.5 Å². The molecule has 0 spiro atoms. The van der Waals surface area contributed by atoms with Gasteiger partial charge in [0.2, 0.25) is 15.9 Å². The molecule has 7 nitrogen and oxygen atoms in total. The van der Waals surface area contributed by atoms with Gasteiger partial charge in [0.25, 0.3) is 0 Å². The number of nitrogens with one attached hydrogen (secondary N) is 3. The van der Waals surface area contributed by atoms with Crippen LogP contribution in [0.1, 0.15) is 44.2 Å². The summed E-state index contributed by atoms with van der Waals surface area (Å²) in [5.74, 6) is 0.116. The number of anilines is 1. The highest BCUT2D eigenvalue weighted by atomic mass is 35.5. The van der Waals surface area contributed by atoms with Crippen LogP contribution in [0.15, 0.2) is 53.4 Å². The monoisotopic (exact) mass is 504 g/mol. The molecule has 2 aromatic carbocycles. The van der Waals surface area contributed by atoms with E-state index in [-0.39, 0.29) is 28.8 Å². The fourth-order valence-corrected chi connectivity index (χ4v) is 6.43. The Morgan fingerprint density at radius 2 is 1.85 bits per heavy atom. The minimum absolute atomic E-state index is 0.0366. The molecular formula is C25H33ClN4O3S. The SMILES string of the molecule is CCNc1cc(S(=O)(=O)NC2CCC(C(=O)N3CCNC[C@@H]3c3ccccc3)CC2)ccc1Cl. The number of piperazine rings is 1. The molecule has 3 N–H and O–H groups in total. The van der Waals surface area contributed by atoms with Crippen LogP contribution in [0.2, 0.25) is 5.02 Å². The van der Waals surface area contributed by atoms with Crippen molar-refractivity contribution in [1.82, 2.24) is 14.9 Å². The molecule has 1 aliphatic heterocycles. The first kappa shape index (κ1) is 25.0. The van der Waals surface area contributed by atoms with Crippen molar-refractivity contribution in [2.75, 3.05) is 31.5 Å². The fourth-order valence-electron chi connectivity index (χ4n) is 4.92. The number of benzene rings is 2. The first-order chi connectivity index (χ1) is 16.4. The lowest BCUT2D eigenvalue weighted by molar-refractivity contribution is -0.140. The summed E-state index contributed by atoms with van der Waals surface area (Å²) in [5.41, 5.74) is 1.75. The number of rotatable bonds is 7. The summed E-state index contributed by atoms with van der Waals surface area (Å²) in [6.45, 7) is 4.81. The number of carbonyl (C=O) groups excluding carboxylic acids is 1. The van der Waals surface area contributed by atoms with Crippen LogP contribution in [0.5, 0.6) is 0 Å². The first-order valence-electron chi connectivity index (χ1n) is 12.0. The van der Waals surface area contributed by atoms with Crippen LogP contribution in [0.4, 0.5) is 5.69 Å². The van der Waals surface area contributed by atoms with Crippen molar-refractivity contribution in [2.45, 2.75) is 49.6 Å². The zero-order chi connectivity index (χ0) is 24.1. The Morgan fingerprint density at radius 3 is 2.56 bits per heavy atom. The Bertz CT molecular complexity index is 1090. The summed E-state index contributed by atoms with van der Waals surface area (Å²) in [4.78, 5) is 15.6. The molecule has 34 heavy (non-hydrogen) atoms. The van der Waals surface area contributed by atoms with Crippen LogP contribution in [-0.4, -0.2) is 51.4 Å². The van der Waals surface area contributed by atoms with Crippen LogP contribution >= 0.6 is 11.6 Å². The molecule has 184 valence electrons. The van der Waals surface area contributed by atoms with Gasteiger partial charge in [-0.3, -0.25) is 4.79 Å². The maximum Gasteiger partial charge on any atom is 0.240 e. The number of carbonyl (C=O) groups is 1. The lowest BCUT2D eigenvalue weighted by Gasteiger charge is -2.40. The Hall–Kier alpha value is -2.13. The first-order valence-corrected chi connectivity index (χ1v) is 13.9. The van der Waals surface area contributed by atoms with Crippen LogP contribution < -0.4 is 15.4 Å². The van der Waals surface area contributed by atoms with Gasteiger partial charge in [-0.05, 0) is 56.4 Å². The van der Waals surface area contributed by atoms with E-state index >= 15 is 0 Å². The number of amides is 1. The van der Waals surface area contributed by atoms with E-state index in [1.54, 1.807) is 12.1 Å². The molecule has 1 atom stereocenters. The second kappa shape index (κ2) is 11.1. The minimum atomic E-state index is -3.67. The summed E-state index contributed by atoms with van der Waals surface area (Å²) in [5, 5.41) is 6.97. The van der Waals surface area contributed by atoms with Crippen molar-refractivity contribution < 1.29 is 13.2 Å². The van der Waals surface area contributed by atoms with Crippen molar-refractivity contribution in [3.8, 4) is 0 Å². The molecule has 0 unspecified atom stereocenters. The lowest BCUT2D eigenvalue weighted by atomic mass is 9.85. The Balaban J connectivity index is 1.37. The van der Waals surface area contributed by atoms with E-state index in [4.69, 9.17) is 11.6 Å². The second-order valence-corrected chi connectivity index (χ2v) is 11.1. The predicted molar refractivity (Wildman–Crippen MR) is 135 cm³/mol. The Kier molecular flexibility index (Phi) is 8.14. The third kappa shape index (κ3) is 5.74. The minimum Gasteiger partial charge on any atom is -0.384 e. The fraction of sp³-hybridized carbons (Fsp3) is 0.480. The zero-order valence-corrected chi connectivity index (χ0v) is 21.0. The second-order valence-electron chi connectivity index (χ2n) is 9.00. The molecule has 0 bridgehead atoms. The summed E-state index contributed by atoms with van der Waals surface area (Å²) in [6.07, 6.45) is 2.65. The molecule has 1 saturated heterocycles. The van der Waals surface area contributed by atoms with E-state index in [0.29, 0.717) is 49.5 Å². The van der Waals surface area contributed by atoms with Gasteiger partial charge >= 0.3 is 0 Å². The van der Waals surface area contributed by atoms with Gasteiger partial charge in [0.15, 0.2) is 0 Å². The molecule has 2 fully saturated rings. The largest absolute Gasteiger partial charge is 0.384 e. The summed E-state index contributed by atoms with van der Waals surface area (Å²) < 4.78 is 28.8. The molecule has 2 aromatic rings. The number of hydrogen-bond acceptors (Lipinski definition) is 5.